The van der Waals surface area contributed by atoms with Crippen molar-refractivity contribution in [3.63, 3.8) is 0 Å². The van der Waals surface area contributed by atoms with Gasteiger partial charge in [-0.25, -0.2) is 0 Å². The Morgan fingerprint density at radius 2 is 1.90 bits per heavy atom. The highest BCUT2D eigenvalue weighted by Crippen LogP contribution is 2.25. The molecule has 0 saturated carbocycles. The van der Waals surface area contributed by atoms with Gasteiger partial charge < -0.3 is 9.47 Å². The maximum Gasteiger partial charge on any atom is 0.311 e. The van der Waals surface area contributed by atoms with Gasteiger partial charge in [-0.05, 0) is 65.2 Å². The van der Waals surface area contributed by atoms with Gasteiger partial charge in [-0.1, -0.05) is 12.1 Å². The molecule has 0 bridgehead atoms. The Bertz CT molecular complexity index is 461. The Hall–Kier alpha value is -1.51. The Balaban J connectivity index is 2.54. The van der Waals surface area contributed by atoms with Crippen molar-refractivity contribution in [2.24, 2.45) is 5.41 Å². The molecule has 112 valence electrons. The molecule has 0 amide bonds. The average molecular weight is 278 g/mol. The molecule has 0 aliphatic carbocycles. The summed E-state index contributed by atoms with van der Waals surface area (Å²) >= 11 is 0. The van der Waals surface area contributed by atoms with Crippen LogP contribution in [0.15, 0.2) is 18.2 Å². The van der Waals surface area contributed by atoms with E-state index in [1.807, 2.05) is 53.7 Å². The fraction of sp³-hybridized carbons (Fsp3) is 0.588. The van der Waals surface area contributed by atoms with E-state index < -0.39 is 5.41 Å². The maximum absolute atomic E-state index is 12.0. The Morgan fingerprint density at radius 3 is 2.50 bits per heavy atom. The zero-order valence-corrected chi connectivity index (χ0v) is 13.4. The smallest absolute Gasteiger partial charge is 0.311 e. The van der Waals surface area contributed by atoms with E-state index in [0.717, 1.165) is 11.3 Å². The molecule has 0 N–H and O–H groups in total. The SMILES string of the molecule is Cc1ccc(C)c(OCCC(C)(C)C(=O)OC(C)C)c1. The van der Waals surface area contributed by atoms with E-state index in [0.29, 0.717) is 13.0 Å². The maximum atomic E-state index is 12.0. The molecular formula is C17H26O3. The second kappa shape index (κ2) is 6.78. The van der Waals surface area contributed by atoms with Gasteiger partial charge in [0.2, 0.25) is 0 Å². The molecule has 3 heteroatoms. The van der Waals surface area contributed by atoms with Crippen molar-refractivity contribution in [2.75, 3.05) is 6.61 Å². The van der Waals surface area contributed by atoms with Crippen LogP contribution in [0.4, 0.5) is 0 Å². The largest absolute Gasteiger partial charge is 0.493 e. The highest BCUT2D eigenvalue weighted by Gasteiger charge is 2.30. The standard InChI is InChI=1S/C17H26O3/c1-12(2)20-16(18)17(5,6)9-10-19-15-11-13(3)7-8-14(15)4/h7-8,11-12H,9-10H2,1-6H3. The minimum absolute atomic E-state index is 0.0817. The van der Waals surface area contributed by atoms with Crippen LogP contribution in [0.25, 0.3) is 0 Å². The predicted molar refractivity (Wildman–Crippen MR) is 81.0 cm³/mol. The first-order valence-corrected chi connectivity index (χ1v) is 7.13. The number of aryl methyl sites for hydroxylation is 2. The molecule has 1 aromatic carbocycles. The first kappa shape index (κ1) is 16.5. The van der Waals surface area contributed by atoms with Crippen molar-refractivity contribution in [1.82, 2.24) is 0 Å². The monoisotopic (exact) mass is 278 g/mol. The molecule has 0 atom stereocenters. The molecule has 0 unspecified atom stereocenters. The Morgan fingerprint density at radius 1 is 1.25 bits per heavy atom. The van der Waals surface area contributed by atoms with Crippen LogP contribution in [-0.2, 0) is 9.53 Å². The third kappa shape index (κ3) is 4.87. The first-order chi connectivity index (χ1) is 9.22. The Labute approximate surface area is 122 Å². The number of benzene rings is 1. The molecule has 0 saturated heterocycles. The summed E-state index contributed by atoms with van der Waals surface area (Å²) in [4.78, 5) is 12.0. The molecule has 0 aromatic heterocycles. The lowest BCUT2D eigenvalue weighted by atomic mass is 9.90. The normalized spacial score (nSPS) is 11.6. The molecule has 3 nitrogen and oxygen atoms in total. The molecule has 0 aliphatic rings. The summed E-state index contributed by atoms with van der Waals surface area (Å²) in [6, 6.07) is 6.13. The van der Waals surface area contributed by atoms with E-state index in [1.54, 1.807) is 0 Å². The zero-order chi connectivity index (χ0) is 15.3. The van der Waals surface area contributed by atoms with Crippen molar-refractivity contribution < 1.29 is 14.3 Å². The first-order valence-electron chi connectivity index (χ1n) is 7.13. The van der Waals surface area contributed by atoms with E-state index >= 15 is 0 Å². The van der Waals surface area contributed by atoms with Crippen LogP contribution in [0, 0.1) is 19.3 Å². The molecule has 1 rings (SSSR count). The van der Waals surface area contributed by atoms with Crippen LogP contribution in [0.5, 0.6) is 5.75 Å². The predicted octanol–water partition coefficient (Wildman–Crippen LogP) is 4.05. The van der Waals surface area contributed by atoms with Crippen molar-refractivity contribution in [3.8, 4) is 5.75 Å². The molecule has 0 radical (unpaired) electrons. The fourth-order valence-corrected chi connectivity index (χ4v) is 1.75. The summed E-state index contributed by atoms with van der Waals surface area (Å²) in [5.74, 6) is 0.718. The molecule has 0 spiro atoms. The highest BCUT2D eigenvalue weighted by atomic mass is 16.5. The minimum Gasteiger partial charge on any atom is -0.493 e. The van der Waals surface area contributed by atoms with Crippen LogP contribution in [0.2, 0.25) is 0 Å². The van der Waals surface area contributed by atoms with Gasteiger partial charge in [0.1, 0.15) is 5.75 Å². The number of carbonyl (C=O) groups is 1. The van der Waals surface area contributed by atoms with E-state index in [4.69, 9.17) is 9.47 Å². The van der Waals surface area contributed by atoms with E-state index in [-0.39, 0.29) is 12.1 Å². The second-order valence-corrected chi connectivity index (χ2v) is 6.21. The van der Waals surface area contributed by atoms with Crippen molar-refractivity contribution in [3.05, 3.63) is 29.3 Å². The van der Waals surface area contributed by atoms with Crippen molar-refractivity contribution in [1.29, 1.82) is 0 Å². The quantitative estimate of drug-likeness (QED) is 0.736. The minimum atomic E-state index is -0.526. The van der Waals surface area contributed by atoms with E-state index in [2.05, 4.69) is 6.07 Å². The number of esters is 1. The summed E-state index contributed by atoms with van der Waals surface area (Å²) in [6.45, 7) is 12.1. The molecule has 20 heavy (non-hydrogen) atoms. The Kier molecular flexibility index (Phi) is 5.61. The van der Waals surface area contributed by atoms with Gasteiger partial charge in [-0.3, -0.25) is 4.79 Å². The molecular weight excluding hydrogens is 252 g/mol. The van der Waals surface area contributed by atoms with E-state index in [1.165, 1.54) is 5.56 Å². The van der Waals surface area contributed by atoms with Crippen LogP contribution >= 0.6 is 0 Å². The number of rotatable bonds is 6. The molecule has 0 heterocycles. The lowest BCUT2D eigenvalue weighted by molar-refractivity contribution is -0.158. The summed E-state index contributed by atoms with van der Waals surface area (Å²) in [5.41, 5.74) is 1.75. The van der Waals surface area contributed by atoms with Gasteiger partial charge >= 0.3 is 5.97 Å². The van der Waals surface area contributed by atoms with Crippen LogP contribution < -0.4 is 4.74 Å². The lowest BCUT2D eigenvalue weighted by Crippen LogP contribution is -2.30. The summed E-state index contributed by atoms with van der Waals surface area (Å²) in [7, 11) is 0. The number of carbonyl (C=O) groups excluding carboxylic acids is 1. The van der Waals surface area contributed by atoms with Crippen LogP contribution in [0.1, 0.15) is 45.2 Å². The zero-order valence-electron chi connectivity index (χ0n) is 13.4. The lowest BCUT2D eigenvalue weighted by Gasteiger charge is -2.24. The van der Waals surface area contributed by atoms with Crippen LogP contribution in [0.3, 0.4) is 0 Å². The molecule has 0 fully saturated rings. The van der Waals surface area contributed by atoms with Gasteiger partial charge in [0.05, 0.1) is 18.1 Å². The van der Waals surface area contributed by atoms with Gasteiger partial charge in [0, 0.05) is 0 Å². The average Bonchev–Trinajstić information content (AvgIpc) is 2.32. The summed E-state index contributed by atoms with van der Waals surface area (Å²) in [5, 5.41) is 0. The van der Waals surface area contributed by atoms with Gasteiger partial charge in [0.15, 0.2) is 0 Å². The summed E-state index contributed by atoms with van der Waals surface area (Å²) < 4.78 is 11.1. The highest BCUT2D eigenvalue weighted by molar-refractivity contribution is 5.76. The van der Waals surface area contributed by atoms with Crippen LogP contribution in [-0.4, -0.2) is 18.7 Å². The number of ether oxygens (including phenoxy) is 2. The summed E-state index contributed by atoms with van der Waals surface area (Å²) in [6.07, 6.45) is 0.549. The number of hydrogen-bond donors (Lipinski definition) is 0. The van der Waals surface area contributed by atoms with Gasteiger partial charge in [-0.15, -0.1) is 0 Å². The van der Waals surface area contributed by atoms with E-state index in [9.17, 15) is 4.79 Å². The molecule has 0 aliphatic heterocycles. The third-order valence-corrected chi connectivity index (χ3v) is 3.22. The molecule has 1 aromatic rings. The van der Waals surface area contributed by atoms with Crippen molar-refractivity contribution in [2.45, 2.75) is 54.1 Å². The van der Waals surface area contributed by atoms with Gasteiger partial charge in [-0.2, -0.15) is 0 Å². The second-order valence-electron chi connectivity index (χ2n) is 6.21. The topological polar surface area (TPSA) is 35.5 Å². The van der Waals surface area contributed by atoms with Gasteiger partial charge in [0.25, 0.3) is 0 Å². The van der Waals surface area contributed by atoms with Crippen molar-refractivity contribution >= 4 is 5.97 Å². The number of hydrogen-bond acceptors (Lipinski definition) is 3. The third-order valence-electron chi connectivity index (χ3n) is 3.22. The fourth-order valence-electron chi connectivity index (χ4n) is 1.75.